The van der Waals surface area contributed by atoms with Gasteiger partial charge in [0.25, 0.3) is 0 Å². The number of alkyl halides is 2. The molecule has 6 nitrogen and oxygen atoms in total. The SMILES string of the molecule is CCOc1ccc(CN(CC)C(=O)/C=C/c2ccc(OC(F)F)c(OC)c2)cc1OC. The van der Waals surface area contributed by atoms with E-state index in [0.717, 1.165) is 5.56 Å². The number of halogens is 2. The van der Waals surface area contributed by atoms with Crippen LogP contribution in [0.4, 0.5) is 8.78 Å². The van der Waals surface area contributed by atoms with Gasteiger partial charge in [-0.15, -0.1) is 0 Å². The summed E-state index contributed by atoms with van der Waals surface area (Å²) in [5, 5.41) is 0. The van der Waals surface area contributed by atoms with Crippen LogP contribution in [0.25, 0.3) is 6.08 Å². The highest BCUT2D eigenvalue weighted by Gasteiger charge is 2.13. The summed E-state index contributed by atoms with van der Waals surface area (Å²) in [6.45, 7) is 2.26. The van der Waals surface area contributed by atoms with Crippen LogP contribution in [0.5, 0.6) is 23.0 Å². The van der Waals surface area contributed by atoms with Crippen LogP contribution >= 0.6 is 0 Å². The van der Waals surface area contributed by atoms with Gasteiger partial charge < -0.3 is 23.8 Å². The standard InChI is InChI=1S/C23H27F2NO5/c1-5-26(15-17-8-10-18(30-6-2)20(14-17)28-3)22(27)12-9-16-7-11-19(31-23(24)25)21(13-16)29-4/h7-14,23H,5-6,15H2,1-4H3/b12-9+. The molecule has 0 radical (unpaired) electrons. The first kappa shape index (κ1) is 24.0. The lowest BCUT2D eigenvalue weighted by Gasteiger charge is -2.20. The molecule has 2 rings (SSSR count). The number of benzene rings is 2. The molecule has 0 spiro atoms. The molecule has 2 aromatic rings. The molecule has 0 aliphatic carbocycles. The fourth-order valence-corrected chi connectivity index (χ4v) is 2.91. The summed E-state index contributed by atoms with van der Waals surface area (Å²) >= 11 is 0. The fourth-order valence-electron chi connectivity index (χ4n) is 2.91. The van der Waals surface area contributed by atoms with Gasteiger partial charge in [0.05, 0.1) is 20.8 Å². The zero-order valence-corrected chi connectivity index (χ0v) is 18.1. The fraction of sp³-hybridized carbons (Fsp3) is 0.348. The molecule has 0 unspecified atom stereocenters. The minimum Gasteiger partial charge on any atom is -0.493 e. The number of hydrogen-bond donors (Lipinski definition) is 0. The lowest BCUT2D eigenvalue weighted by Crippen LogP contribution is -2.28. The van der Waals surface area contributed by atoms with Crippen LogP contribution in [0.1, 0.15) is 25.0 Å². The second-order valence-electron chi connectivity index (χ2n) is 6.39. The second kappa shape index (κ2) is 11.8. The largest absolute Gasteiger partial charge is 0.493 e. The van der Waals surface area contributed by atoms with E-state index in [1.807, 2.05) is 32.0 Å². The summed E-state index contributed by atoms with van der Waals surface area (Å²) in [6.07, 6.45) is 3.02. The summed E-state index contributed by atoms with van der Waals surface area (Å²) < 4.78 is 45.3. The molecular formula is C23H27F2NO5. The van der Waals surface area contributed by atoms with Gasteiger partial charge in [0.1, 0.15) is 0 Å². The van der Waals surface area contributed by atoms with E-state index in [-0.39, 0.29) is 17.4 Å². The van der Waals surface area contributed by atoms with E-state index in [4.69, 9.17) is 14.2 Å². The predicted octanol–water partition coefficient (Wildman–Crippen LogP) is 4.77. The maximum Gasteiger partial charge on any atom is 0.387 e. The van der Waals surface area contributed by atoms with Crippen LogP contribution in [0.2, 0.25) is 0 Å². The minimum absolute atomic E-state index is 0.0689. The number of nitrogens with zero attached hydrogens (tertiary/aromatic N) is 1. The average Bonchev–Trinajstić information content (AvgIpc) is 2.77. The number of likely N-dealkylation sites (N-methyl/N-ethyl adjacent to an activating group) is 1. The topological polar surface area (TPSA) is 57.2 Å². The summed E-state index contributed by atoms with van der Waals surface area (Å²) in [5.74, 6) is 1.15. The first-order valence-corrected chi connectivity index (χ1v) is 9.81. The number of rotatable bonds is 11. The molecule has 0 aromatic heterocycles. The molecular weight excluding hydrogens is 408 g/mol. The Bertz CT molecular complexity index is 902. The smallest absolute Gasteiger partial charge is 0.387 e. The van der Waals surface area contributed by atoms with Crippen molar-refractivity contribution in [3.8, 4) is 23.0 Å². The van der Waals surface area contributed by atoms with Crippen molar-refractivity contribution in [3.05, 3.63) is 53.6 Å². The van der Waals surface area contributed by atoms with E-state index in [9.17, 15) is 13.6 Å². The minimum atomic E-state index is -2.95. The summed E-state index contributed by atoms with van der Waals surface area (Å²) in [6, 6.07) is 10.0. The van der Waals surface area contributed by atoms with E-state index in [2.05, 4.69) is 4.74 Å². The molecule has 8 heteroatoms. The maximum atomic E-state index is 12.7. The highest BCUT2D eigenvalue weighted by molar-refractivity contribution is 5.91. The Morgan fingerprint density at radius 2 is 1.68 bits per heavy atom. The van der Waals surface area contributed by atoms with Crippen molar-refractivity contribution >= 4 is 12.0 Å². The van der Waals surface area contributed by atoms with Crippen molar-refractivity contribution in [1.82, 2.24) is 4.90 Å². The molecule has 168 valence electrons. The predicted molar refractivity (Wildman–Crippen MR) is 114 cm³/mol. The van der Waals surface area contributed by atoms with Gasteiger partial charge in [-0.3, -0.25) is 4.79 Å². The van der Waals surface area contributed by atoms with Crippen LogP contribution in [0, 0.1) is 0 Å². The molecule has 0 saturated carbocycles. The zero-order chi connectivity index (χ0) is 22.8. The molecule has 0 heterocycles. The number of amides is 1. The Hall–Kier alpha value is -3.29. The Morgan fingerprint density at radius 3 is 2.29 bits per heavy atom. The van der Waals surface area contributed by atoms with Gasteiger partial charge in [0.2, 0.25) is 5.91 Å². The van der Waals surface area contributed by atoms with Crippen molar-refractivity contribution in [2.45, 2.75) is 27.0 Å². The Labute approximate surface area is 181 Å². The van der Waals surface area contributed by atoms with Crippen LogP contribution < -0.4 is 18.9 Å². The quantitative estimate of drug-likeness (QED) is 0.476. The molecule has 0 bridgehead atoms. The van der Waals surface area contributed by atoms with Crippen LogP contribution in [0.3, 0.4) is 0 Å². The highest BCUT2D eigenvalue weighted by Crippen LogP contribution is 2.30. The molecule has 1 amide bonds. The Morgan fingerprint density at radius 1 is 1.00 bits per heavy atom. The van der Waals surface area contributed by atoms with Gasteiger partial charge in [0, 0.05) is 19.2 Å². The molecule has 0 N–H and O–H groups in total. The number of carbonyl (C=O) groups excluding carboxylic acids is 1. The van der Waals surface area contributed by atoms with E-state index in [1.165, 1.54) is 25.3 Å². The van der Waals surface area contributed by atoms with E-state index >= 15 is 0 Å². The second-order valence-corrected chi connectivity index (χ2v) is 6.39. The summed E-state index contributed by atoms with van der Waals surface area (Å²) in [7, 11) is 2.93. The zero-order valence-electron chi connectivity index (χ0n) is 18.1. The van der Waals surface area contributed by atoms with Gasteiger partial charge in [-0.05, 0) is 55.3 Å². The van der Waals surface area contributed by atoms with Crippen LogP contribution in [0.15, 0.2) is 42.5 Å². The van der Waals surface area contributed by atoms with Crippen molar-refractivity contribution in [3.63, 3.8) is 0 Å². The lowest BCUT2D eigenvalue weighted by molar-refractivity contribution is -0.126. The van der Waals surface area contributed by atoms with E-state index < -0.39 is 6.61 Å². The number of ether oxygens (including phenoxy) is 4. The average molecular weight is 435 g/mol. The van der Waals surface area contributed by atoms with Crippen LogP contribution in [-0.2, 0) is 11.3 Å². The Balaban J connectivity index is 2.11. The van der Waals surface area contributed by atoms with E-state index in [0.29, 0.717) is 36.8 Å². The first-order valence-electron chi connectivity index (χ1n) is 9.81. The van der Waals surface area contributed by atoms with Gasteiger partial charge in [0.15, 0.2) is 23.0 Å². The maximum absolute atomic E-state index is 12.7. The van der Waals surface area contributed by atoms with Gasteiger partial charge in [-0.2, -0.15) is 8.78 Å². The van der Waals surface area contributed by atoms with Crippen LogP contribution in [-0.4, -0.2) is 44.8 Å². The van der Waals surface area contributed by atoms with Crippen molar-refractivity contribution in [2.24, 2.45) is 0 Å². The van der Waals surface area contributed by atoms with Gasteiger partial charge in [-0.25, -0.2) is 0 Å². The normalized spacial score (nSPS) is 10.9. The summed E-state index contributed by atoms with van der Waals surface area (Å²) in [4.78, 5) is 14.3. The lowest BCUT2D eigenvalue weighted by atomic mass is 10.1. The third-order valence-corrected chi connectivity index (χ3v) is 4.42. The molecule has 0 atom stereocenters. The number of methoxy groups -OCH3 is 2. The molecule has 0 aliphatic rings. The molecule has 2 aromatic carbocycles. The van der Waals surface area contributed by atoms with Crippen molar-refractivity contribution < 1.29 is 32.5 Å². The number of hydrogen-bond acceptors (Lipinski definition) is 5. The first-order chi connectivity index (χ1) is 14.9. The summed E-state index contributed by atoms with van der Waals surface area (Å²) in [5.41, 5.74) is 1.52. The van der Waals surface area contributed by atoms with Gasteiger partial charge in [-0.1, -0.05) is 12.1 Å². The van der Waals surface area contributed by atoms with Crippen molar-refractivity contribution in [2.75, 3.05) is 27.4 Å². The molecule has 0 aliphatic heterocycles. The van der Waals surface area contributed by atoms with Crippen molar-refractivity contribution in [1.29, 1.82) is 0 Å². The third-order valence-electron chi connectivity index (χ3n) is 4.42. The third kappa shape index (κ3) is 6.87. The molecule has 0 fully saturated rings. The number of carbonyl (C=O) groups is 1. The van der Waals surface area contributed by atoms with Gasteiger partial charge >= 0.3 is 6.61 Å². The van der Waals surface area contributed by atoms with E-state index in [1.54, 1.807) is 24.2 Å². The Kier molecular flexibility index (Phi) is 9.12. The monoisotopic (exact) mass is 435 g/mol. The molecule has 31 heavy (non-hydrogen) atoms. The molecule has 0 saturated heterocycles. The highest BCUT2D eigenvalue weighted by atomic mass is 19.3.